The largest absolute Gasteiger partial charge is 0.305 e. The first-order valence-corrected chi connectivity index (χ1v) is 12.9. The highest BCUT2D eigenvalue weighted by molar-refractivity contribution is 7.89. The van der Waals surface area contributed by atoms with E-state index in [0.29, 0.717) is 28.5 Å². The molecule has 0 unspecified atom stereocenters. The number of benzene rings is 2. The predicted octanol–water partition coefficient (Wildman–Crippen LogP) is 4.54. The van der Waals surface area contributed by atoms with Crippen molar-refractivity contribution < 1.29 is 13.2 Å². The monoisotopic (exact) mass is 489 g/mol. The fourth-order valence-corrected chi connectivity index (χ4v) is 6.23. The van der Waals surface area contributed by atoms with Gasteiger partial charge in [-0.3, -0.25) is 4.79 Å². The molecule has 3 aromatic rings. The summed E-state index contributed by atoms with van der Waals surface area (Å²) in [6.45, 7) is 5.05. The molecule has 0 saturated carbocycles. The topological polar surface area (TPSA) is 71.7 Å². The fraction of sp³-hybridized carbons (Fsp3) is 0.304. The van der Waals surface area contributed by atoms with Crippen LogP contribution >= 0.6 is 22.9 Å². The number of sulfonamides is 1. The third kappa shape index (κ3) is 5.13. The SMILES string of the molecule is C#CCn1c(=NC(=O)c2ccc(S(=O)(=O)N(CCC)CCC)cc2)sc2cc(Cl)ccc21. The molecule has 1 heterocycles. The maximum Gasteiger partial charge on any atom is 0.279 e. The molecule has 9 heteroatoms. The van der Waals surface area contributed by atoms with Crippen molar-refractivity contribution in [3.05, 3.63) is 57.9 Å². The molecular formula is C23H24ClN3O3S2. The van der Waals surface area contributed by atoms with Crippen LogP contribution in [0.5, 0.6) is 0 Å². The first-order valence-electron chi connectivity index (χ1n) is 10.2. The van der Waals surface area contributed by atoms with Crippen molar-refractivity contribution in [1.82, 2.24) is 8.87 Å². The first kappa shape index (κ1) is 24.2. The Balaban J connectivity index is 1.95. The molecule has 168 valence electrons. The second kappa shape index (κ2) is 10.5. The van der Waals surface area contributed by atoms with E-state index in [0.717, 1.165) is 23.1 Å². The summed E-state index contributed by atoms with van der Waals surface area (Å²) < 4.78 is 29.9. The summed E-state index contributed by atoms with van der Waals surface area (Å²) in [4.78, 5) is 17.7. The standard InChI is InChI=1S/C23H24ClN3O3S2/c1-4-13-26(14-5-2)32(29,30)19-10-7-17(8-11-19)22(28)25-23-27(15-6-3)20-12-9-18(24)16-21(20)31-23/h3,7-12,16H,4-5,13-15H2,1-2H3. The Hall–Kier alpha value is -2.44. The van der Waals surface area contributed by atoms with E-state index in [4.69, 9.17) is 18.0 Å². The molecule has 1 aromatic heterocycles. The molecule has 0 spiro atoms. The second-order valence-corrected chi connectivity index (χ2v) is 10.5. The molecule has 0 N–H and O–H groups in total. The maximum absolute atomic E-state index is 12.9. The molecule has 0 aliphatic carbocycles. The van der Waals surface area contributed by atoms with Crippen LogP contribution in [0.4, 0.5) is 0 Å². The molecule has 0 atom stereocenters. The normalized spacial score (nSPS) is 12.4. The van der Waals surface area contributed by atoms with Crippen molar-refractivity contribution in [2.75, 3.05) is 13.1 Å². The van der Waals surface area contributed by atoms with E-state index in [1.54, 1.807) is 16.7 Å². The van der Waals surface area contributed by atoms with Gasteiger partial charge >= 0.3 is 0 Å². The molecule has 0 aliphatic heterocycles. The Morgan fingerprint density at radius 1 is 1.16 bits per heavy atom. The number of hydrogen-bond acceptors (Lipinski definition) is 4. The molecule has 32 heavy (non-hydrogen) atoms. The van der Waals surface area contributed by atoms with Crippen molar-refractivity contribution in [3.8, 4) is 12.3 Å². The van der Waals surface area contributed by atoms with Crippen LogP contribution in [0, 0.1) is 12.3 Å². The second-order valence-electron chi connectivity index (χ2n) is 7.13. The molecule has 6 nitrogen and oxygen atoms in total. The van der Waals surface area contributed by atoms with E-state index in [1.165, 1.54) is 39.9 Å². The summed E-state index contributed by atoms with van der Waals surface area (Å²) in [5.74, 6) is 2.10. The summed E-state index contributed by atoms with van der Waals surface area (Å²) in [6, 6.07) is 11.3. The molecule has 2 aromatic carbocycles. The van der Waals surface area contributed by atoms with Crippen LogP contribution in [0.1, 0.15) is 37.0 Å². The fourth-order valence-electron chi connectivity index (χ4n) is 3.30. The van der Waals surface area contributed by atoms with Crippen LogP contribution in [-0.4, -0.2) is 36.3 Å². The van der Waals surface area contributed by atoms with Gasteiger partial charge in [0.15, 0.2) is 4.80 Å². The number of hydrogen-bond donors (Lipinski definition) is 0. The number of aromatic nitrogens is 1. The number of amides is 1. The van der Waals surface area contributed by atoms with Crippen molar-refractivity contribution in [2.45, 2.75) is 38.1 Å². The van der Waals surface area contributed by atoms with E-state index in [1.807, 2.05) is 19.9 Å². The Kier molecular flexibility index (Phi) is 7.91. The third-order valence-electron chi connectivity index (χ3n) is 4.78. The number of thiazole rings is 1. The molecule has 0 saturated heterocycles. The minimum atomic E-state index is -3.61. The Bertz CT molecular complexity index is 1330. The Morgan fingerprint density at radius 2 is 1.81 bits per heavy atom. The van der Waals surface area contributed by atoms with Crippen molar-refractivity contribution in [2.24, 2.45) is 4.99 Å². The van der Waals surface area contributed by atoms with Crippen LogP contribution in [0.15, 0.2) is 52.4 Å². The first-order chi connectivity index (χ1) is 15.3. The molecule has 0 bridgehead atoms. The molecule has 0 fully saturated rings. The number of carbonyl (C=O) groups is 1. The lowest BCUT2D eigenvalue weighted by molar-refractivity contribution is 0.0998. The Morgan fingerprint density at radius 3 is 2.41 bits per heavy atom. The predicted molar refractivity (Wildman–Crippen MR) is 129 cm³/mol. The zero-order valence-electron chi connectivity index (χ0n) is 17.9. The van der Waals surface area contributed by atoms with E-state index >= 15 is 0 Å². The molecule has 1 amide bonds. The lowest BCUT2D eigenvalue weighted by Gasteiger charge is -2.21. The molecular weight excluding hydrogens is 466 g/mol. The number of fused-ring (bicyclic) bond motifs is 1. The molecule has 0 radical (unpaired) electrons. The highest BCUT2D eigenvalue weighted by Gasteiger charge is 2.23. The van der Waals surface area contributed by atoms with Crippen molar-refractivity contribution in [3.63, 3.8) is 0 Å². The summed E-state index contributed by atoms with van der Waals surface area (Å²) in [5, 5.41) is 0.585. The van der Waals surface area contributed by atoms with E-state index in [2.05, 4.69) is 10.9 Å². The van der Waals surface area contributed by atoms with Crippen LogP contribution in [-0.2, 0) is 16.6 Å². The van der Waals surface area contributed by atoms with Gasteiger partial charge in [-0.25, -0.2) is 8.42 Å². The highest BCUT2D eigenvalue weighted by atomic mass is 35.5. The Labute approximate surface area is 197 Å². The number of rotatable bonds is 8. The minimum absolute atomic E-state index is 0.162. The summed E-state index contributed by atoms with van der Waals surface area (Å²) >= 11 is 7.40. The number of nitrogens with zero attached hydrogens (tertiary/aromatic N) is 3. The van der Waals surface area contributed by atoms with Gasteiger partial charge in [-0.1, -0.05) is 42.7 Å². The van der Waals surface area contributed by atoms with E-state index in [-0.39, 0.29) is 11.4 Å². The van der Waals surface area contributed by atoms with Crippen LogP contribution in [0.2, 0.25) is 5.02 Å². The molecule has 0 aliphatic rings. The lowest BCUT2D eigenvalue weighted by Crippen LogP contribution is -2.32. The van der Waals surface area contributed by atoms with Crippen molar-refractivity contribution >= 4 is 49.1 Å². The zero-order valence-corrected chi connectivity index (χ0v) is 20.3. The van der Waals surface area contributed by atoms with Gasteiger partial charge in [-0.15, -0.1) is 6.42 Å². The van der Waals surface area contributed by atoms with Gasteiger partial charge < -0.3 is 4.57 Å². The average molecular weight is 490 g/mol. The van der Waals surface area contributed by atoms with Crippen LogP contribution in [0.25, 0.3) is 10.2 Å². The van der Waals surface area contributed by atoms with Gasteiger partial charge in [0, 0.05) is 23.7 Å². The van der Waals surface area contributed by atoms with E-state index in [9.17, 15) is 13.2 Å². The summed E-state index contributed by atoms with van der Waals surface area (Å²) in [7, 11) is -3.61. The number of carbonyl (C=O) groups excluding carboxylic acids is 1. The number of halogens is 1. The van der Waals surface area contributed by atoms with Gasteiger partial charge in [0.25, 0.3) is 5.91 Å². The summed E-state index contributed by atoms with van der Waals surface area (Å²) in [6.07, 6.45) is 6.95. The van der Waals surface area contributed by atoms with Crippen LogP contribution < -0.4 is 4.80 Å². The number of terminal acetylenes is 1. The molecule has 3 rings (SSSR count). The van der Waals surface area contributed by atoms with Crippen molar-refractivity contribution in [1.29, 1.82) is 0 Å². The van der Waals surface area contributed by atoms with Gasteiger partial charge in [0.2, 0.25) is 10.0 Å². The van der Waals surface area contributed by atoms with Crippen LogP contribution in [0.3, 0.4) is 0 Å². The third-order valence-corrected chi connectivity index (χ3v) is 7.97. The quantitative estimate of drug-likeness (QED) is 0.436. The van der Waals surface area contributed by atoms with Gasteiger partial charge in [0.1, 0.15) is 0 Å². The zero-order chi connectivity index (χ0) is 23.3. The van der Waals surface area contributed by atoms with Gasteiger partial charge in [-0.05, 0) is 55.3 Å². The van der Waals surface area contributed by atoms with Gasteiger partial charge in [0.05, 0.1) is 21.7 Å². The highest BCUT2D eigenvalue weighted by Crippen LogP contribution is 2.22. The summed E-state index contributed by atoms with van der Waals surface area (Å²) in [5.41, 5.74) is 1.14. The lowest BCUT2D eigenvalue weighted by atomic mass is 10.2. The maximum atomic E-state index is 12.9. The average Bonchev–Trinajstić information content (AvgIpc) is 3.09. The van der Waals surface area contributed by atoms with E-state index < -0.39 is 15.9 Å². The van der Waals surface area contributed by atoms with Gasteiger partial charge in [-0.2, -0.15) is 9.30 Å². The smallest absolute Gasteiger partial charge is 0.279 e. The minimum Gasteiger partial charge on any atom is -0.305 e.